The monoisotopic (exact) mass is 297 g/mol. The van der Waals surface area contributed by atoms with Gasteiger partial charge in [0.2, 0.25) is 5.91 Å². The average Bonchev–Trinajstić information content (AvgIpc) is 2.54. The fraction of sp³-hybridized carbons (Fsp3) is 0.235. The third-order valence-corrected chi connectivity index (χ3v) is 3.31. The van der Waals surface area contributed by atoms with Crippen molar-refractivity contribution >= 4 is 11.8 Å². The van der Waals surface area contributed by atoms with Crippen molar-refractivity contribution in [1.82, 2.24) is 15.6 Å². The molecule has 1 atom stereocenters. The van der Waals surface area contributed by atoms with E-state index in [1.54, 1.807) is 18.3 Å². The number of hydrogen-bond acceptors (Lipinski definition) is 3. The summed E-state index contributed by atoms with van der Waals surface area (Å²) in [6, 6.07) is 12.6. The van der Waals surface area contributed by atoms with Crippen molar-refractivity contribution in [2.75, 3.05) is 6.54 Å². The largest absolute Gasteiger partial charge is 0.346 e. The summed E-state index contributed by atoms with van der Waals surface area (Å²) in [6.07, 6.45) is 1.68. The molecule has 2 amide bonds. The highest BCUT2D eigenvalue weighted by molar-refractivity contribution is 5.97. The Balaban J connectivity index is 1.85. The summed E-state index contributed by atoms with van der Waals surface area (Å²) in [5.41, 5.74) is 2.23. The highest BCUT2D eigenvalue weighted by Gasteiger charge is 2.13. The van der Waals surface area contributed by atoms with E-state index >= 15 is 0 Å². The Bertz CT molecular complexity index is 656. The number of amides is 2. The predicted octanol–water partition coefficient (Wildman–Crippen LogP) is 2.00. The first kappa shape index (κ1) is 15.7. The minimum Gasteiger partial charge on any atom is -0.346 e. The van der Waals surface area contributed by atoms with E-state index in [1.165, 1.54) is 0 Å². The maximum absolute atomic E-state index is 12.0. The van der Waals surface area contributed by atoms with Gasteiger partial charge in [-0.15, -0.1) is 0 Å². The number of rotatable bonds is 5. The number of nitrogens with zero attached hydrogens (tertiary/aromatic N) is 1. The van der Waals surface area contributed by atoms with E-state index in [4.69, 9.17) is 0 Å². The molecule has 0 saturated carbocycles. The Morgan fingerprint density at radius 1 is 1.14 bits per heavy atom. The van der Waals surface area contributed by atoms with Gasteiger partial charge >= 0.3 is 0 Å². The summed E-state index contributed by atoms with van der Waals surface area (Å²) in [4.78, 5) is 28.1. The van der Waals surface area contributed by atoms with E-state index in [9.17, 15) is 9.59 Å². The summed E-state index contributed by atoms with van der Waals surface area (Å²) >= 11 is 0. The van der Waals surface area contributed by atoms with Crippen LogP contribution in [0.3, 0.4) is 0 Å². The molecule has 114 valence electrons. The molecule has 1 aromatic carbocycles. The Kier molecular flexibility index (Phi) is 5.25. The quantitative estimate of drug-likeness (QED) is 0.886. The molecule has 0 saturated heterocycles. The Hall–Kier alpha value is -2.69. The molecule has 1 unspecified atom stereocenters. The zero-order chi connectivity index (χ0) is 15.9. The lowest BCUT2D eigenvalue weighted by molar-refractivity contribution is -0.120. The molecular weight excluding hydrogens is 278 g/mol. The lowest BCUT2D eigenvalue weighted by Crippen LogP contribution is -2.38. The second-order valence-corrected chi connectivity index (χ2v) is 5.04. The Morgan fingerprint density at radius 3 is 2.55 bits per heavy atom. The van der Waals surface area contributed by atoms with Crippen LogP contribution in [0.15, 0.2) is 48.7 Å². The smallest absolute Gasteiger partial charge is 0.251 e. The molecule has 0 aliphatic carbocycles. The zero-order valence-corrected chi connectivity index (χ0v) is 12.7. The molecule has 0 aliphatic heterocycles. The number of aryl methyl sites for hydroxylation is 1. The van der Waals surface area contributed by atoms with Crippen LogP contribution < -0.4 is 10.6 Å². The molecule has 0 spiro atoms. The Morgan fingerprint density at radius 2 is 1.86 bits per heavy atom. The lowest BCUT2D eigenvalue weighted by Gasteiger charge is -2.14. The van der Waals surface area contributed by atoms with Crippen molar-refractivity contribution in [1.29, 1.82) is 0 Å². The van der Waals surface area contributed by atoms with Gasteiger partial charge in [0, 0.05) is 11.8 Å². The van der Waals surface area contributed by atoms with Crippen LogP contribution in [0.25, 0.3) is 0 Å². The third-order valence-electron chi connectivity index (χ3n) is 3.31. The van der Waals surface area contributed by atoms with Crippen LogP contribution in [0.1, 0.15) is 34.6 Å². The van der Waals surface area contributed by atoms with Gasteiger partial charge in [-0.1, -0.05) is 24.3 Å². The minimum atomic E-state index is -0.251. The molecule has 22 heavy (non-hydrogen) atoms. The second-order valence-electron chi connectivity index (χ2n) is 5.04. The van der Waals surface area contributed by atoms with Gasteiger partial charge in [0.15, 0.2) is 0 Å². The van der Waals surface area contributed by atoms with Crippen molar-refractivity contribution < 1.29 is 9.59 Å². The van der Waals surface area contributed by atoms with E-state index in [0.29, 0.717) is 5.56 Å². The Labute approximate surface area is 129 Å². The minimum absolute atomic E-state index is 0.0651. The maximum Gasteiger partial charge on any atom is 0.251 e. The van der Waals surface area contributed by atoms with Crippen LogP contribution in [-0.4, -0.2) is 23.3 Å². The highest BCUT2D eigenvalue weighted by Crippen LogP contribution is 2.08. The first-order chi connectivity index (χ1) is 10.6. The zero-order valence-electron chi connectivity index (χ0n) is 12.7. The van der Waals surface area contributed by atoms with Gasteiger partial charge < -0.3 is 10.6 Å². The van der Waals surface area contributed by atoms with E-state index in [0.717, 1.165) is 11.3 Å². The van der Waals surface area contributed by atoms with Gasteiger partial charge in [-0.3, -0.25) is 14.6 Å². The van der Waals surface area contributed by atoms with Crippen molar-refractivity contribution in [2.45, 2.75) is 19.9 Å². The van der Waals surface area contributed by atoms with E-state index < -0.39 is 0 Å². The molecule has 1 aromatic heterocycles. The molecular formula is C17H19N3O2. The third kappa shape index (κ3) is 4.15. The van der Waals surface area contributed by atoms with Crippen molar-refractivity contribution in [3.8, 4) is 0 Å². The van der Waals surface area contributed by atoms with Gasteiger partial charge in [-0.05, 0) is 37.6 Å². The van der Waals surface area contributed by atoms with Gasteiger partial charge in [0.05, 0.1) is 18.3 Å². The fourth-order valence-electron chi connectivity index (χ4n) is 2.08. The number of nitrogens with one attached hydrogen (secondary N) is 2. The number of carbonyl (C=O) groups is 2. The van der Waals surface area contributed by atoms with Crippen LogP contribution in [0, 0.1) is 6.92 Å². The van der Waals surface area contributed by atoms with Gasteiger partial charge in [0.1, 0.15) is 0 Å². The molecule has 0 bridgehead atoms. The van der Waals surface area contributed by atoms with Crippen LogP contribution >= 0.6 is 0 Å². The molecule has 1 heterocycles. The first-order valence-corrected chi connectivity index (χ1v) is 7.12. The van der Waals surface area contributed by atoms with Gasteiger partial charge in [-0.2, -0.15) is 0 Å². The molecule has 2 aromatic rings. The number of pyridine rings is 1. The number of benzene rings is 1. The van der Waals surface area contributed by atoms with Crippen molar-refractivity contribution in [3.63, 3.8) is 0 Å². The van der Waals surface area contributed by atoms with Crippen LogP contribution in [0.5, 0.6) is 0 Å². The topological polar surface area (TPSA) is 71.1 Å². The highest BCUT2D eigenvalue weighted by atomic mass is 16.2. The maximum atomic E-state index is 12.0. The standard InChI is InChI=1S/C17H19N3O2/c1-12-7-3-4-8-14(12)17(22)19-11-16(21)20-13(2)15-9-5-6-10-18-15/h3-10,13H,11H2,1-2H3,(H,19,22)(H,20,21). The lowest BCUT2D eigenvalue weighted by atomic mass is 10.1. The molecule has 2 N–H and O–H groups in total. The van der Waals surface area contributed by atoms with Gasteiger partial charge in [-0.25, -0.2) is 0 Å². The molecule has 2 rings (SSSR count). The van der Waals surface area contributed by atoms with Crippen molar-refractivity contribution in [3.05, 3.63) is 65.5 Å². The summed E-state index contributed by atoms with van der Waals surface area (Å²) in [5.74, 6) is -0.501. The number of hydrogen-bond donors (Lipinski definition) is 2. The normalized spacial score (nSPS) is 11.5. The summed E-state index contributed by atoms with van der Waals surface area (Å²) in [7, 11) is 0. The van der Waals surface area contributed by atoms with Crippen LogP contribution in [0.2, 0.25) is 0 Å². The van der Waals surface area contributed by atoms with E-state index in [1.807, 2.05) is 44.2 Å². The summed E-state index contributed by atoms with van der Waals surface area (Å²) in [5, 5.41) is 5.43. The number of carbonyl (C=O) groups excluding carboxylic acids is 2. The molecule has 5 heteroatoms. The molecule has 5 nitrogen and oxygen atoms in total. The summed E-state index contributed by atoms with van der Waals surface area (Å²) in [6.45, 7) is 3.64. The van der Waals surface area contributed by atoms with Crippen LogP contribution in [0.4, 0.5) is 0 Å². The van der Waals surface area contributed by atoms with E-state index in [2.05, 4.69) is 15.6 Å². The molecule has 0 fully saturated rings. The second kappa shape index (κ2) is 7.36. The van der Waals surface area contributed by atoms with Crippen molar-refractivity contribution in [2.24, 2.45) is 0 Å². The van der Waals surface area contributed by atoms with Gasteiger partial charge in [0.25, 0.3) is 5.91 Å². The molecule has 0 aliphatic rings. The first-order valence-electron chi connectivity index (χ1n) is 7.12. The predicted molar refractivity (Wildman–Crippen MR) is 84.3 cm³/mol. The SMILES string of the molecule is Cc1ccccc1C(=O)NCC(=O)NC(C)c1ccccn1. The fourth-order valence-corrected chi connectivity index (χ4v) is 2.08. The van der Waals surface area contributed by atoms with E-state index in [-0.39, 0.29) is 24.4 Å². The van der Waals surface area contributed by atoms with Crippen LogP contribution in [-0.2, 0) is 4.79 Å². The number of aromatic nitrogens is 1. The molecule has 0 radical (unpaired) electrons. The average molecular weight is 297 g/mol. The summed E-state index contributed by atoms with van der Waals surface area (Å²) < 4.78 is 0.